The molecule has 5 rings (SSSR count). The van der Waals surface area contributed by atoms with Crippen LogP contribution in [0.5, 0.6) is 5.88 Å². The van der Waals surface area contributed by atoms with E-state index in [0.29, 0.717) is 26.9 Å². The van der Waals surface area contributed by atoms with Gasteiger partial charge in [-0.2, -0.15) is 0 Å². The zero-order valence-electron chi connectivity index (χ0n) is 16.3. The first-order chi connectivity index (χ1) is 15.0. The molecule has 0 fully saturated rings. The molecular weight excluding hydrogens is 415 g/mol. The van der Waals surface area contributed by atoms with Crippen molar-refractivity contribution in [3.63, 3.8) is 0 Å². The van der Waals surface area contributed by atoms with Gasteiger partial charge in [-0.3, -0.25) is 9.36 Å². The van der Waals surface area contributed by atoms with Crippen LogP contribution in [-0.4, -0.2) is 20.6 Å². The molecule has 0 spiro atoms. The summed E-state index contributed by atoms with van der Waals surface area (Å²) in [6.07, 6.45) is 0. The van der Waals surface area contributed by atoms with Gasteiger partial charge in [-0.15, -0.1) is 0 Å². The van der Waals surface area contributed by atoms with Crippen LogP contribution in [0.2, 0.25) is 0 Å². The molecule has 2 aromatic heterocycles. The Bertz CT molecular complexity index is 1540. The first kappa shape index (κ1) is 19.1. The lowest BCUT2D eigenvalue weighted by Crippen LogP contribution is -2.23. The average Bonchev–Trinajstić information content (AvgIpc) is 3.23. The van der Waals surface area contributed by atoms with Crippen molar-refractivity contribution in [1.82, 2.24) is 9.55 Å². The Hall–Kier alpha value is -3.91. The third-order valence-electron chi connectivity index (χ3n) is 4.79. The van der Waals surface area contributed by atoms with Crippen LogP contribution in [0.25, 0.3) is 11.3 Å². The molecule has 0 bridgehead atoms. The monoisotopic (exact) mass is 430 g/mol. The normalized spacial score (nSPS) is 13.4. The van der Waals surface area contributed by atoms with E-state index >= 15 is 0 Å². The van der Waals surface area contributed by atoms with E-state index in [0.717, 1.165) is 17.0 Å². The van der Waals surface area contributed by atoms with Crippen LogP contribution in [0.15, 0.2) is 76.7 Å². The smallest absolute Gasteiger partial charge is 0.279 e. The van der Waals surface area contributed by atoms with Crippen molar-refractivity contribution in [3.05, 3.63) is 98.5 Å². The molecule has 152 valence electrons. The van der Waals surface area contributed by atoms with Crippen LogP contribution in [0.3, 0.4) is 0 Å². The fourth-order valence-corrected chi connectivity index (χ4v) is 4.50. The van der Waals surface area contributed by atoms with Gasteiger partial charge in [0.25, 0.3) is 5.91 Å². The predicted molar refractivity (Wildman–Crippen MR) is 114 cm³/mol. The lowest BCUT2D eigenvalue weighted by molar-refractivity contribution is -0.112. The molecule has 1 amide bonds. The van der Waals surface area contributed by atoms with Crippen LogP contribution >= 0.6 is 11.3 Å². The highest BCUT2D eigenvalue weighted by Gasteiger charge is 2.26. The number of rotatable bonds is 3. The number of aromatic hydroxyl groups is 1. The SMILES string of the molecule is Cc1cccc(/N=c2/sc(C3=c4cc(F)ccc4=NC3=O)c(O)n2-c2ccccc2)n1. The van der Waals surface area contributed by atoms with Crippen molar-refractivity contribution in [3.8, 4) is 11.6 Å². The summed E-state index contributed by atoms with van der Waals surface area (Å²) in [7, 11) is 0. The minimum absolute atomic E-state index is 0.153. The second-order valence-corrected chi connectivity index (χ2v) is 7.89. The van der Waals surface area contributed by atoms with Gasteiger partial charge in [0.2, 0.25) is 5.88 Å². The molecule has 0 aliphatic carbocycles. The van der Waals surface area contributed by atoms with E-state index < -0.39 is 11.7 Å². The lowest BCUT2D eigenvalue weighted by Gasteiger charge is -2.05. The molecule has 1 N–H and O–H groups in total. The van der Waals surface area contributed by atoms with Crippen molar-refractivity contribution in [2.24, 2.45) is 9.98 Å². The molecule has 0 radical (unpaired) electrons. The second-order valence-electron chi connectivity index (χ2n) is 6.91. The molecule has 0 saturated heterocycles. The summed E-state index contributed by atoms with van der Waals surface area (Å²) in [6.45, 7) is 1.86. The second kappa shape index (κ2) is 7.41. The highest BCUT2D eigenvalue weighted by atomic mass is 32.1. The molecule has 0 unspecified atom stereocenters. The van der Waals surface area contributed by atoms with Gasteiger partial charge in [-0.05, 0) is 49.4 Å². The number of carbonyl (C=O) groups excluding carboxylic acids is 1. The number of pyridine rings is 1. The number of thiazole rings is 1. The molecule has 0 saturated carbocycles. The molecule has 6 nitrogen and oxygen atoms in total. The highest BCUT2D eigenvalue weighted by molar-refractivity contribution is 7.11. The molecule has 4 aromatic rings. The van der Waals surface area contributed by atoms with Gasteiger partial charge in [0, 0.05) is 10.9 Å². The summed E-state index contributed by atoms with van der Waals surface area (Å²) in [6, 6.07) is 18.6. The molecule has 0 atom stereocenters. The Balaban J connectivity index is 1.84. The van der Waals surface area contributed by atoms with Crippen LogP contribution in [-0.2, 0) is 4.79 Å². The summed E-state index contributed by atoms with van der Waals surface area (Å²) in [5, 5.41) is 11.9. The van der Waals surface area contributed by atoms with E-state index in [9.17, 15) is 14.3 Å². The first-order valence-corrected chi connectivity index (χ1v) is 10.2. The largest absolute Gasteiger partial charge is 0.493 e. The summed E-state index contributed by atoms with van der Waals surface area (Å²) in [5.74, 6) is -0.714. The van der Waals surface area contributed by atoms with Crippen LogP contribution in [0.4, 0.5) is 10.2 Å². The van der Waals surface area contributed by atoms with E-state index in [-0.39, 0.29) is 16.3 Å². The van der Waals surface area contributed by atoms with E-state index in [4.69, 9.17) is 0 Å². The summed E-state index contributed by atoms with van der Waals surface area (Å²) in [5.41, 5.74) is 1.62. The van der Waals surface area contributed by atoms with Crippen LogP contribution in [0.1, 0.15) is 10.6 Å². The van der Waals surface area contributed by atoms with E-state index in [1.807, 2.05) is 49.4 Å². The van der Waals surface area contributed by atoms with Crippen molar-refractivity contribution >= 4 is 28.6 Å². The molecule has 3 heterocycles. The molecule has 1 aliphatic heterocycles. The Morgan fingerprint density at radius 2 is 1.87 bits per heavy atom. The topological polar surface area (TPSA) is 79.8 Å². The Morgan fingerprint density at radius 3 is 2.65 bits per heavy atom. The highest BCUT2D eigenvalue weighted by Crippen LogP contribution is 2.31. The van der Waals surface area contributed by atoms with Gasteiger partial charge in [0.05, 0.1) is 16.6 Å². The van der Waals surface area contributed by atoms with Gasteiger partial charge < -0.3 is 5.11 Å². The van der Waals surface area contributed by atoms with E-state index in [2.05, 4.69) is 15.0 Å². The number of fused-ring (bicyclic) bond motifs is 1. The van der Waals surface area contributed by atoms with Crippen LogP contribution in [0, 0.1) is 12.7 Å². The van der Waals surface area contributed by atoms with Gasteiger partial charge in [0.1, 0.15) is 10.7 Å². The number of hydrogen-bond donors (Lipinski definition) is 1. The number of nitrogens with zero attached hydrogens (tertiary/aromatic N) is 4. The average molecular weight is 430 g/mol. The van der Waals surface area contributed by atoms with E-state index in [1.165, 1.54) is 18.2 Å². The summed E-state index contributed by atoms with van der Waals surface area (Å²) in [4.78, 5) is 26.4. The van der Waals surface area contributed by atoms with Gasteiger partial charge in [-0.1, -0.05) is 35.6 Å². The van der Waals surface area contributed by atoms with Crippen molar-refractivity contribution < 1.29 is 14.3 Å². The third-order valence-corrected chi connectivity index (χ3v) is 5.84. The Kier molecular flexibility index (Phi) is 4.56. The molecule has 1 aliphatic rings. The third kappa shape index (κ3) is 3.36. The first-order valence-electron chi connectivity index (χ1n) is 9.43. The maximum absolute atomic E-state index is 13.9. The van der Waals surface area contributed by atoms with Crippen LogP contribution < -0.4 is 15.4 Å². The zero-order chi connectivity index (χ0) is 21.5. The van der Waals surface area contributed by atoms with Gasteiger partial charge in [-0.25, -0.2) is 19.4 Å². The quantitative estimate of drug-likeness (QED) is 0.543. The fraction of sp³-hybridized carbons (Fsp3) is 0.0435. The number of hydrogen-bond acceptors (Lipinski definition) is 5. The lowest BCUT2D eigenvalue weighted by atomic mass is 10.1. The number of aryl methyl sites for hydroxylation is 1. The Morgan fingerprint density at radius 1 is 1.06 bits per heavy atom. The van der Waals surface area contributed by atoms with Crippen molar-refractivity contribution in [1.29, 1.82) is 0 Å². The number of halogens is 1. The van der Waals surface area contributed by atoms with Crippen molar-refractivity contribution in [2.75, 3.05) is 0 Å². The number of aromatic nitrogens is 2. The van der Waals surface area contributed by atoms with Gasteiger partial charge in [0.15, 0.2) is 10.6 Å². The molecular formula is C23H15FN4O2S. The number of amides is 1. The Labute approximate surface area is 179 Å². The molecule has 2 aromatic carbocycles. The standard InChI is InChI=1S/C23H15FN4O2S/c1-13-6-5-9-18(25-13)27-23-28(15-7-3-2-4-8-15)22(30)20(31-23)19-16-12-14(24)10-11-17(16)26-21(19)29/h2-12,30H,1H3/b27-23+. The molecule has 8 heteroatoms. The maximum atomic E-state index is 13.9. The number of carbonyl (C=O) groups is 1. The fourth-order valence-electron chi connectivity index (χ4n) is 3.42. The summed E-state index contributed by atoms with van der Waals surface area (Å²) < 4.78 is 15.4. The molecule has 31 heavy (non-hydrogen) atoms. The van der Waals surface area contributed by atoms with Crippen molar-refractivity contribution in [2.45, 2.75) is 6.92 Å². The number of benzene rings is 2. The minimum atomic E-state index is -0.530. The predicted octanol–water partition coefficient (Wildman–Crippen LogP) is 2.68. The zero-order valence-corrected chi connectivity index (χ0v) is 17.1. The van der Waals surface area contributed by atoms with Gasteiger partial charge >= 0.3 is 0 Å². The summed E-state index contributed by atoms with van der Waals surface area (Å²) >= 11 is 1.12. The maximum Gasteiger partial charge on any atom is 0.279 e. The minimum Gasteiger partial charge on any atom is -0.493 e. The number of para-hydroxylation sites is 1. The van der Waals surface area contributed by atoms with E-state index in [1.54, 1.807) is 10.6 Å².